The summed E-state index contributed by atoms with van der Waals surface area (Å²) in [5.41, 5.74) is 0.294. The highest BCUT2D eigenvalue weighted by Crippen LogP contribution is 2.22. The molecule has 0 bridgehead atoms. The van der Waals surface area contributed by atoms with Crippen LogP contribution < -0.4 is 0 Å². The van der Waals surface area contributed by atoms with E-state index in [1.54, 1.807) is 9.80 Å². The quantitative estimate of drug-likeness (QED) is 0.274. The van der Waals surface area contributed by atoms with E-state index in [1.165, 1.54) is 30.7 Å². The predicted molar refractivity (Wildman–Crippen MR) is 132 cm³/mol. The first-order valence-electron chi connectivity index (χ1n) is 12.0. The van der Waals surface area contributed by atoms with Crippen molar-refractivity contribution in [3.63, 3.8) is 0 Å². The van der Waals surface area contributed by atoms with Crippen molar-refractivity contribution in [1.29, 1.82) is 0 Å². The minimum absolute atomic E-state index is 0.0179. The first-order valence-corrected chi connectivity index (χ1v) is 12.0. The van der Waals surface area contributed by atoms with E-state index in [0.29, 0.717) is 18.7 Å². The second-order valence-electron chi connectivity index (χ2n) is 8.46. The molecule has 0 unspecified atom stereocenters. The molecule has 2 amide bonds. The Kier molecular flexibility index (Phi) is 13.1. The zero-order chi connectivity index (χ0) is 27.3. The van der Waals surface area contributed by atoms with Crippen LogP contribution in [0.1, 0.15) is 56.3 Å². The molecule has 12 nitrogen and oxygen atoms in total. The molecule has 36 heavy (non-hydrogen) atoms. The Morgan fingerprint density at radius 1 is 0.944 bits per heavy atom. The van der Waals surface area contributed by atoms with Gasteiger partial charge < -0.3 is 24.9 Å². The number of aliphatic carboxylic acids is 2. The van der Waals surface area contributed by atoms with Gasteiger partial charge in [-0.3, -0.25) is 19.7 Å². The van der Waals surface area contributed by atoms with Gasteiger partial charge >= 0.3 is 11.9 Å². The molecule has 0 atom stereocenters. The molecule has 1 saturated carbocycles. The highest BCUT2D eigenvalue weighted by atomic mass is 16.6. The SMILES string of the molecule is CCN(CC)CCN(CC(=O)N(C)C1CCCCC1)C(=O)c1ccc([N+](=O)[O-])cc1.O=C(O)C(=O)O. The largest absolute Gasteiger partial charge is 0.473 e. The van der Waals surface area contributed by atoms with Crippen LogP contribution in [0.25, 0.3) is 0 Å². The second-order valence-corrected chi connectivity index (χ2v) is 8.46. The molecule has 2 rings (SSSR count). The van der Waals surface area contributed by atoms with Crippen LogP contribution >= 0.6 is 0 Å². The molecule has 200 valence electrons. The molecule has 0 heterocycles. The number of hydrogen-bond donors (Lipinski definition) is 2. The van der Waals surface area contributed by atoms with E-state index in [0.717, 1.165) is 38.8 Å². The topological polar surface area (TPSA) is 162 Å². The molecular formula is C24H36N4O8. The van der Waals surface area contributed by atoms with Crippen molar-refractivity contribution in [2.24, 2.45) is 0 Å². The molecule has 1 aliphatic carbocycles. The second kappa shape index (κ2) is 15.5. The van der Waals surface area contributed by atoms with Crippen LogP contribution in [-0.2, 0) is 14.4 Å². The Labute approximate surface area is 210 Å². The fourth-order valence-corrected chi connectivity index (χ4v) is 3.91. The number of carboxylic acid groups (broad SMARTS) is 2. The van der Waals surface area contributed by atoms with Crippen LogP contribution in [0.3, 0.4) is 0 Å². The summed E-state index contributed by atoms with van der Waals surface area (Å²) in [5.74, 6) is -3.98. The molecule has 12 heteroatoms. The Balaban J connectivity index is 0.000000960. The number of nitrogens with zero attached hydrogens (tertiary/aromatic N) is 4. The Bertz CT molecular complexity index is 884. The number of nitro benzene ring substituents is 1. The number of non-ortho nitro benzene ring substituents is 1. The van der Waals surface area contributed by atoms with Gasteiger partial charge in [0.15, 0.2) is 0 Å². The van der Waals surface area contributed by atoms with E-state index in [-0.39, 0.29) is 30.1 Å². The van der Waals surface area contributed by atoms with Crippen molar-refractivity contribution in [1.82, 2.24) is 14.7 Å². The molecule has 0 aromatic heterocycles. The summed E-state index contributed by atoms with van der Waals surface area (Å²) in [6.07, 6.45) is 5.51. The Morgan fingerprint density at radius 3 is 1.92 bits per heavy atom. The summed E-state index contributed by atoms with van der Waals surface area (Å²) in [6, 6.07) is 5.81. The van der Waals surface area contributed by atoms with Gasteiger partial charge in [-0.15, -0.1) is 0 Å². The molecule has 0 aliphatic heterocycles. The van der Waals surface area contributed by atoms with Gasteiger partial charge in [-0.2, -0.15) is 0 Å². The molecule has 0 saturated heterocycles. The fraction of sp³-hybridized carbons (Fsp3) is 0.583. The molecule has 1 fully saturated rings. The first-order chi connectivity index (χ1) is 17.0. The van der Waals surface area contributed by atoms with Crippen molar-refractivity contribution in [2.45, 2.75) is 52.0 Å². The van der Waals surface area contributed by atoms with E-state index in [4.69, 9.17) is 19.8 Å². The van der Waals surface area contributed by atoms with Gasteiger partial charge in [-0.25, -0.2) is 9.59 Å². The lowest BCUT2D eigenvalue weighted by atomic mass is 9.94. The summed E-state index contributed by atoms with van der Waals surface area (Å²) < 4.78 is 0. The third-order valence-corrected chi connectivity index (χ3v) is 6.22. The number of carboxylic acids is 2. The zero-order valence-electron chi connectivity index (χ0n) is 21.1. The van der Waals surface area contributed by atoms with Crippen LogP contribution in [-0.4, -0.2) is 99.4 Å². The third kappa shape index (κ3) is 9.98. The van der Waals surface area contributed by atoms with Crippen LogP contribution in [0.4, 0.5) is 5.69 Å². The van der Waals surface area contributed by atoms with Gasteiger partial charge in [0.1, 0.15) is 6.54 Å². The van der Waals surface area contributed by atoms with Gasteiger partial charge in [-0.05, 0) is 38.1 Å². The van der Waals surface area contributed by atoms with Gasteiger partial charge in [0.05, 0.1) is 4.92 Å². The number of amides is 2. The standard InChI is InChI=1S/C22H34N4O4.C2H2O4/c1-4-24(5-2)15-16-25(17-21(27)23(3)19-9-7-6-8-10-19)22(28)18-11-13-20(14-12-18)26(29)30;3-1(4)2(5)6/h11-14,19H,4-10,15-17H2,1-3H3;(H,3,4)(H,5,6). The van der Waals surface area contributed by atoms with Crippen LogP contribution in [0, 0.1) is 10.1 Å². The molecule has 0 radical (unpaired) electrons. The maximum Gasteiger partial charge on any atom is 0.414 e. The summed E-state index contributed by atoms with van der Waals surface area (Å²) >= 11 is 0. The van der Waals surface area contributed by atoms with Gasteiger partial charge in [-0.1, -0.05) is 33.1 Å². The van der Waals surface area contributed by atoms with Crippen LogP contribution in [0.15, 0.2) is 24.3 Å². The average molecular weight is 509 g/mol. The fourth-order valence-electron chi connectivity index (χ4n) is 3.91. The maximum absolute atomic E-state index is 13.1. The van der Waals surface area contributed by atoms with Crippen molar-refractivity contribution >= 4 is 29.4 Å². The average Bonchev–Trinajstić information content (AvgIpc) is 2.88. The van der Waals surface area contributed by atoms with Crippen molar-refractivity contribution in [3.05, 3.63) is 39.9 Å². The van der Waals surface area contributed by atoms with E-state index >= 15 is 0 Å². The third-order valence-electron chi connectivity index (χ3n) is 6.22. The number of hydrogen-bond acceptors (Lipinski definition) is 7. The minimum Gasteiger partial charge on any atom is -0.473 e. The summed E-state index contributed by atoms with van der Waals surface area (Å²) in [5, 5.41) is 25.7. The molecule has 1 aromatic carbocycles. The predicted octanol–water partition coefficient (Wildman–Crippen LogP) is 2.33. The molecule has 0 spiro atoms. The highest BCUT2D eigenvalue weighted by Gasteiger charge is 2.26. The summed E-state index contributed by atoms with van der Waals surface area (Å²) in [6.45, 7) is 6.98. The highest BCUT2D eigenvalue weighted by molar-refractivity contribution is 6.27. The van der Waals surface area contributed by atoms with Crippen LogP contribution in [0.5, 0.6) is 0 Å². The van der Waals surface area contributed by atoms with Gasteiger partial charge in [0, 0.05) is 43.9 Å². The lowest BCUT2D eigenvalue weighted by molar-refractivity contribution is -0.384. The van der Waals surface area contributed by atoms with E-state index in [2.05, 4.69) is 18.7 Å². The van der Waals surface area contributed by atoms with Crippen molar-refractivity contribution in [2.75, 3.05) is 39.8 Å². The minimum atomic E-state index is -1.82. The van der Waals surface area contributed by atoms with Gasteiger partial charge in [0.2, 0.25) is 5.91 Å². The normalized spacial score (nSPS) is 13.3. The zero-order valence-corrected chi connectivity index (χ0v) is 21.1. The summed E-state index contributed by atoms with van der Waals surface area (Å²) in [7, 11) is 1.83. The van der Waals surface area contributed by atoms with Gasteiger partial charge in [0.25, 0.3) is 11.6 Å². The lowest BCUT2D eigenvalue weighted by Gasteiger charge is -2.33. The number of likely N-dealkylation sites (N-methyl/N-ethyl adjacent to an activating group) is 2. The first kappa shape index (κ1) is 30.5. The Morgan fingerprint density at radius 2 is 1.47 bits per heavy atom. The lowest BCUT2D eigenvalue weighted by Crippen LogP contribution is -2.47. The monoisotopic (exact) mass is 508 g/mol. The molecule has 1 aromatic rings. The number of rotatable bonds is 10. The maximum atomic E-state index is 13.1. The summed E-state index contributed by atoms with van der Waals surface area (Å²) in [4.78, 5) is 60.2. The van der Waals surface area contributed by atoms with Crippen LogP contribution in [0.2, 0.25) is 0 Å². The van der Waals surface area contributed by atoms with E-state index < -0.39 is 16.9 Å². The van der Waals surface area contributed by atoms with E-state index in [1.807, 2.05) is 7.05 Å². The number of benzene rings is 1. The molecule has 1 aliphatic rings. The number of carbonyl (C=O) groups is 4. The van der Waals surface area contributed by atoms with Crippen molar-refractivity contribution in [3.8, 4) is 0 Å². The Hall–Kier alpha value is -3.54. The number of carbonyl (C=O) groups excluding carboxylic acids is 2. The molecular weight excluding hydrogens is 472 g/mol. The number of nitro groups is 1. The molecule has 2 N–H and O–H groups in total. The van der Waals surface area contributed by atoms with Crippen molar-refractivity contribution < 1.29 is 34.3 Å². The van der Waals surface area contributed by atoms with E-state index in [9.17, 15) is 19.7 Å². The smallest absolute Gasteiger partial charge is 0.414 e.